The van der Waals surface area contributed by atoms with Crippen LogP contribution in [0.2, 0.25) is 0 Å². The van der Waals surface area contributed by atoms with Crippen LogP contribution < -0.4 is 16.0 Å². The van der Waals surface area contributed by atoms with Crippen LogP contribution in [-0.4, -0.2) is 34.3 Å². The van der Waals surface area contributed by atoms with Crippen molar-refractivity contribution in [1.82, 2.24) is 20.0 Å². The van der Waals surface area contributed by atoms with Crippen LogP contribution in [0.4, 0.5) is 5.82 Å². The quantitative estimate of drug-likeness (QED) is 0.372. The standard InChI is InChI=1S/C23H21N5O2S/c29-22(18-11-6-7-13-24-18)27-20(16-8-2-1-3-9-16)23(30)26-15-14-25-21-17-10-4-5-12-19(17)31-28-21/h1-13,20H,14-15H2,(H,25,28)(H,26,30)(H,27,29)/t20-/m0/s1. The summed E-state index contributed by atoms with van der Waals surface area (Å²) in [5.41, 5.74) is 0.955. The van der Waals surface area contributed by atoms with Crippen molar-refractivity contribution in [3.63, 3.8) is 0 Å². The summed E-state index contributed by atoms with van der Waals surface area (Å²) >= 11 is 1.43. The number of carbonyl (C=O) groups is 2. The van der Waals surface area contributed by atoms with Gasteiger partial charge in [0.1, 0.15) is 17.6 Å². The number of benzene rings is 2. The first-order valence-corrected chi connectivity index (χ1v) is 10.6. The van der Waals surface area contributed by atoms with Gasteiger partial charge in [-0.1, -0.05) is 48.5 Å². The van der Waals surface area contributed by atoms with Gasteiger partial charge in [0.15, 0.2) is 0 Å². The number of hydrogen-bond acceptors (Lipinski definition) is 6. The molecular formula is C23H21N5O2S. The van der Waals surface area contributed by atoms with Crippen molar-refractivity contribution in [2.45, 2.75) is 6.04 Å². The third-order valence-corrected chi connectivity index (χ3v) is 5.49. The number of aromatic nitrogens is 2. The molecule has 7 nitrogen and oxygen atoms in total. The predicted octanol–water partition coefficient (Wildman–Crippen LogP) is 3.39. The molecule has 0 fully saturated rings. The Bertz CT molecular complexity index is 1160. The van der Waals surface area contributed by atoms with Crippen molar-refractivity contribution >= 4 is 39.3 Å². The van der Waals surface area contributed by atoms with E-state index in [2.05, 4.69) is 25.3 Å². The lowest BCUT2D eigenvalue weighted by Crippen LogP contribution is -2.42. The summed E-state index contributed by atoms with van der Waals surface area (Å²) in [6.07, 6.45) is 1.54. The van der Waals surface area contributed by atoms with Crippen molar-refractivity contribution in [3.8, 4) is 0 Å². The van der Waals surface area contributed by atoms with E-state index >= 15 is 0 Å². The molecule has 0 radical (unpaired) electrons. The molecule has 0 saturated carbocycles. The highest BCUT2D eigenvalue weighted by molar-refractivity contribution is 7.13. The maximum Gasteiger partial charge on any atom is 0.270 e. The van der Waals surface area contributed by atoms with Gasteiger partial charge in [0.25, 0.3) is 5.91 Å². The number of nitrogens with one attached hydrogen (secondary N) is 3. The van der Waals surface area contributed by atoms with Crippen molar-refractivity contribution in [1.29, 1.82) is 0 Å². The Balaban J connectivity index is 1.38. The molecule has 156 valence electrons. The molecule has 0 aliphatic carbocycles. The molecule has 0 saturated heterocycles. The highest BCUT2D eigenvalue weighted by Gasteiger charge is 2.23. The highest BCUT2D eigenvalue weighted by Crippen LogP contribution is 2.25. The van der Waals surface area contributed by atoms with Gasteiger partial charge in [-0.3, -0.25) is 14.6 Å². The zero-order chi connectivity index (χ0) is 21.5. The van der Waals surface area contributed by atoms with Gasteiger partial charge in [-0.15, -0.1) is 0 Å². The van der Waals surface area contributed by atoms with Crippen molar-refractivity contribution in [2.75, 3.05) is 18.4 Å². The van der Waals surface area contributed by atoms with E-state index < -0.39 is 11.9 Å². The molecule has 2 amide bonds. The third-order valence-electron chi connectivity index (χ3n) is 4.66. The second-order valence-corrected chi connectivity index (χ2v) is 7.58. The Hall–Kier alpha value is -3.78. The van der Waals surface area contributed by atoms with E-state index in [1.807, 2.05) is 54.6 Å². The summed E-state index contributed by atoms with van der Waals surface area (Å²) in [6.45, 7) is 0.892. The Morgan fingerprint density at radius 1 is 0.903 bits per heavy atom. The van der Waals surface area contributed by atoms with Gasteiger partial charge in [-0.2, -0.15) is 4.37 Å². The van der Waals surface area contributed by atoms with Crippen LogP contribution in [0.1, 0.15) is 22.1 Å². The topological polar surface area (TPSA) is 96.0 Å². The number of pyridine rings is 1. The molecule has 31 heavy (non-hydrogen) atoms. The van der Waals surface area contributed by atoms with Crippen LogP contribution in [0, 0.1) is 0 Å². The zero-order valence-electron chi connectivity index (χ0n) is 16.6. The van der Waals surface area contributed by atoms with Crippen LogP contribution in [0.25, 0.3) is 10.1 Å². The first-order valence-electron chi connectivity index (χ1n) is 9.85. The van der Waals surface area contributed by atoms with E-state index in [1.54, 1.807) is 24.4 Å². The first kappa shape index (κ1) is 20.5. The predicted molar refractivity (Wildman–Crippen MR) is 122 cm³/mol. The third kappa shape index (κ3) is 5.04. The normalized spacial score (nSPS) is 11.6. The molecule has 0 bridgehead atoms. The van der Waals surface area contributed by atoms with Crippen LogP contribution in [0.5, 0.6) is 0 Å². The first-order chi connectivity index (χ1) is 15.2. The van der Waals surface area contributed by atoms with E-state index in [1.165, 1.54) is 11.5 Å². The number of rotatable bonds is 8. The fourth-order valence-electron chi connectivity index (χ4n) is 3.13. The van der Waals surface area contributed by atoms with Gasteiger partial charge >= 0.3 is 0 Å². The van der Waals surface area contributed by atoms with Crippen LogP contribution in [0.15, 0.2) is 79.0 Å². The van der Waals surface area contributed by atoms with Crippen LogP contribution >= 0.6 is 11.5 Å². The number of anilines is 1. The smallest absolute Gasteiger partial charge is 0.270 e. The molecular weight excluding hydrogens is 410 g/mol. The molecule has 2 heterocycles. The molecule has 0 aliphatic heterocycles. The summed E-state index contributed by atoms with van der Waals surface area (Å²) in [4.78, 5) is 29.5. The van der Waals surface area contributed by atoms with E-state index in [0.29, 0.717) is 18.7 Å². The number of nitrogens with zero attached hydrogens (tertiary/aromatic N) is 2. The summed E-state index contributed by atoms with van der Waals surface area (Å²) in [5, 5.41) is 9.99. The highest BCUT2D eigenvalue weighted by atomic mass is 32.1. The molecule has 3 N–H and O–H groups in total. The maximum absolute atomic E-state index is 12.9. The monoisotopic (exact) mass is 431 g/mol. The molecule has 0 unspecified atom stereocenters. The van der Waals surface area contributed by atoms with E-state index in [4.69, 9.17) is 0 Å². The Morgan fingerprint density at radius 2 is 1.68 bits per heavy atom. The molecule has 0 aliphatic rings. The SMILES string of the molecule is O=C(N[C@H](C(=O)NCCNc1nsc2ccccc12)c1ccccc1)c1ccccn1. The Morgan fingerprint density at radius 3 is 2.48 bits per heavy atom. The maximum atomic E-state index is 12.9. The van der Waals surface area contributed by atoms with Gasteiger partial charge in [0.2, 0.25) is 5.91 Å². The lowest BCUT2D eigenvalue weighted by Gasteiger charge is -2.19. The van der Waals surface area contributed by atoms with E-state index in [-0.39, 0.29) is 11.6 Å². The summed E-state index contributed by atoms with van der Waals surface area (Å²) < 4.78 is 5.53. The molecule has 2 aromatic carbocycles. The van der Waals surface area contributed by atoms with Crippen LogP contribution in [-0.2, 0) is 4.79 Å². The summed E-state index contributed by atoms with van der Waals surface area (Å²) in [5.74, 6) is 0.106. The zero-order valence-corrected chi connectivity index (χ0v) is 17.4. The number of carbonyl (C=O) groups excluding carboxylic acids is 2. The molecule has 4 rings (SSSR count). The molecule has 2 aromatic heterocycles. The number of fused-ring (bicyclic) bond motifs is 1. The summed E-state index contributed by atoms with van der Waals surface area (Å²) in [6, 6.07) is 21.4. The van der Waals surface area contributed by atoms with E-state index in [9.17, 15) is 9.59 Å². The van der Waals surface area contributed by atoms with Crippen molar-refractivity contribution in [3.05, 3.63) is 90.3 Å². The average Bonchev–Trinajstić information content (AvgIpc) is 3.24. The molecule has 4 aromatic rings. The lowest BCUT2D eigenvalue weighted by molar-refractivity contribution is -0.123. The Labute approximate surface area is 183 Å². The van der Waals surface area contributed by atoms with Gasteiger partial charge in [0.05, 0.1) is 4.70 Å². The fourth-order valence-corrected chi connectivity index (χ4v) is 3.88. The molecule has 8 heteroatoms. The second kappa shape index (κ2) is 9.82. The minimum atomic E-state index is -0.823. The van der Waals surface area contributed by atoms with Gasteiger partial charge in [-0.05, 0) is 41.4 Å². The summed E-state index contributed by atoms with van der Waals surface area (Å²) in [7, 11) is 0. The molecule has 1 atom stereocenters. The van der Waals surface area contributed by atoms with Gasteiger partial charge in [0, 0.05) is 24.7 Å². The van der Waals surface area contributed by atoms with Gasteiger partial charge in [-0.25, -0.2) is 0 Å². The Kier molecular flexibility index (Phi) is 6.49. The van der Waals surface area contributed by atoms with E-state index in [0.717, 1.165) is 15.9 Å². The van der Waals surface area contributed by atoms with Crippen molar-refractivity contribution < 1.29 is 9.59 Å². The number of amides is 2. The van der Waals surface area contributed by atoms with Crippen molar-refractivity contribution in [2.24, 2.45) is 0 Å². The largest absolute Gasteiger partial charge is 0.367 e. The van der Waals surface area contributed by atoms with Crippen LogP contribution in [0.3, 0.4) is 0 Å². The minimum Gasteiger partial charge on any atom is -0.367 e. The number of hydrogen-bond donors (Lipinski definition) is 3. The lowest BCUT2D eigenvalue weighted by atomic mass is 10.1. The average molecular weight is 432 g/mol. The van der Waals surface area contributed by atoms with Gasteiger partial charge < -0.3 is 16.0 Å². The fraction of sp³-hybridized carbons (Fsp3) is 0.130. The second-order valence-electron chi connectivity index (χ2n) is 6.78. The minimum absolute atomic E-state index is 0.258. The molecule has 0 spiro atoms.